The Morgan fingerprint density at radius 2 is 2.21 bits per heavy atom. The predicted molar refractivity (Wildman–Crippen MR) is 74.2 cm³/mol. The van der Waals surface area contributed by atoms with E-state index in [0.717, 1.165) is 37.3 Å². The molecule has 1 aliphatic rings. The SMILES string of the molecule is CCOC(=O)N1CCC(Nc2ccc(C)cn2)CC1. The zero-order valence-electron chi connectivity index (χ0n) is 11.6. The second kappa shape index (κ2) is 6.41. The van der Waals surface area contributed by atoms with Crippen LogP contribution in [0, 0.1) is 6.92 Å². The standard InChI is InChI=1S/C14H21N3O2/c1-3-19-14(18)17-8-6-12(7-9-17)16-13-5-4-11(2)10-15-13/h4-5,10,12H,3,6-9H2,1-2H3,(H,15,16). The minimum atomic E-state index is -0.200. The topological polar surface area (TPSA) is 54.5 Å². The number of ether oxygens (including phenoxy) is 1. The number of rotatable bonds is 3. The Labute approximate surface area is 114 Å². The first kappa shape index (κ1) is 13.6. The molecule has 1 aromatic rings. The molecule has 104 valence electrons. The van der Waals surface area contributed by atoms with Crippen molar-refractivity contribution in [1.82, 2.24) is 9.88 Å². The van der Waals surface area contributed by atoms with Crippen LogP contribution in [0.25, 0.3) is 0 Å². The number of hydrogen-bond donors (Lipinski definition) is 1. The number of likely N-dealkylation sites (tertiary alicyclic amines) is 1. The van der Waals surface area contributed by atoms with Crippen LogP contribution < -0.4 is 5.32 Å². The average Bonchev–Trinajstić information content (AvgIpc) is 2.42. The van der Waals surface area contributed by atoms with Gasteiger partial charge in [0.1, 0.15) is 5.82 Å². The van der Waals surface area contributed by atoms with Crippen molar-refractivity contribution in [3.8, 4) is 0 Å². The molecule has 5 heteroatoms. The van der Waals surface area contributed by atoms with Gasteiger partial charge in [0.2, 0.25) is 0 Å². The molecule has 0 aromatic carbocycles. The fraction of sp³-hybridized carbons (Fsp3) is 0.571. The summed E-state index contributed by atoms with van der Waals surface area (Å²) in [6, 6.07) is 4.41. The number of piperidine rings is 1. The molecule has 1 aliphatic heterocycles. The molecule has 2 heterocycles. The fourth-order valence-electron chi connectivity index (χ4n) is 2.18. The monoisotopic (exact) mass is 263 g/mol. The van der Waals surface area contributed by atoms with E-state index >= 15 is 0 Å². The first-order chi connectivity index (χ1) is 9.19. The van der Waals surface area contributed by atoms with Crippen LogP contribution in [0.3, 0.4) is 0 Å². The van der Waals surface area contributed by atoms with Crippen LogP contribution in [0.5, 0.6) is 0 Å². The number of nitrogens with one attached hydrogen (secondary N) is 1. The summed E-state index contributed by atoms with van der Waals surface area (Å²) in [7, 11) is 0. The summed E-state index contributed by atoms with van der Waals surface area (Å²) in [6.07, 6.45) is 3.51. The van der Waals surface area contributed by atoms with E-state index in [-0.39, 0.29) is 6.09 Å². The van der Waals surface area contributed by atoms with Gasteiger partial charge in [0.25, 0.3) is 0 Å². The molecule has 19 heavy (non-hydrogen) atoms. The van der Waals surface area contributed by atoms with Gasteiger partial charge in [-0.1, -0.05) is 6.07 Å². The minimum Gasteiger partial charge on any atom is -0.450 e. The van der Waals surface area contributed by atoms with Gasteiger partial charge in [0.05, 0.1) is 6.61 Å². The van der Waals surface area contributed by atoms with Crippen LogP contribution in [-0.4, -0.2) is 41.7 Å². The molecule has 0 radical (unpaired) electrons. The van der Waals surface area contributed by atoms with Crippen LogP contribution in [0.4, 0.5) is 10.6 Å². The molecule has 2 rings (SSSR count). The number of nitrogens with zero attached hydrogens (tertiary/aromatic N) is 2. The summed E-state index contributed by atoms with van der Waals surface area (Å²) < 4.78 is 5.00. The Morgan fingerprint density at radius 1 is 1.47 bits per heavy atom. The van der Waals surface area contributed by atoms with Gasteiger partial charge < -0.3 is 15.0 Å². The molecule has 0 spiro atoms. The summed E-state index contributed by atoms with van der Waals surface area (Å²) in [4.78, 5) is 17.7. The van der Waals surface area contributed by atoms with Gasteiger partial charge in [-0.3, -0.25) is 0 Å². The van der Waals surface area contributed by atoms with E-state index in [4.69, 9.17) is 4.74 Å². The molecular formula is C14H21N3O2. The third-order valence-electron chi connectivity index (χ3n) is 3.28. The summed E-state index contributed by atoms with van der Waals surface area (Å²) in [5, 5.41) is 3.41. The third-order valence-corrected chi connectivity index (χ3v) is 3.28. The lowest BCUT2D eigenvalue weighted by Crippen LogP contribution is -2.42. The van der Waals surface area contributed by atoms with Crippen LogP contribution in [-0.2, 0) is 4.74 Å². The number of amides is 1. The Bertz CT molecular complexity index is 411. The lowest BCUT2D eigenvalue weighted by molar-refractivity contribution is 0.0983. The molecule has 0 atom stereocenters. The van der Waals surface area contributed by atoms with Crippen molar-refractivity contribution in [2.45, 2.75) is 32.7 Å². The summed E-state index contributed by atoms with van der Waals surface area (Å²) in [5.74, 6) is 0.903. The number of pyridine rings is 1. The quantitative estimate of drug-likeness (QED) is 0.910. The van der Waals surface area contributed by atoms with Crippen LogP contribution >= 0.6 is 0 Å². The molecular weight excluding hydrogens is 242 g/mol. The van der Waals surface area contributed by atoms with E-state index in [0.29, 0.717) is 12.6 Å². The molecule has 1 N–H and O–H groups in total. The van der Waals surface area contributed by atoms with Gasteiger partial charge in [0.15, 0.2) is 0 Å². The normalized spacial score (nSPS) is 16.2. The number of carbonyl (C=O) groups excluding carboxylic acids is 1. The van der Waals surface area contributed by atoms with E-state index < -0.39 is 0 Å². The third kappa shape index (κ3) is 3.84. The van der Waals surface area contributed by atoms with E-state index in [1.165, 1.54) is 0 Å². The predicted octanol–water partition coefficient (Wildman–Crippen LogP) is 2.42. The van der Waals surface area contributed by atoms with Gasteiger partial charge >= 0.3 is 6.09 Å². The van der Waals surface area contributed by atoms with Gasteiger partial charge in [0, 0.05) is 25.3 Å². The van der Waals surface area contributed by atoms with E-state index in [1.54, 1.807) is 4.90 Å². The number of hydrogen-bond acceptors (Lipinski definition) is 4. The maximum atomic E-state index is 11.6. The second-order valence-corrected chi connectivity index (χ2v) is 4.83. The van der Waals surface area contributed by atoms with Crippen molar-refractivity contribution < 1.29 is 9.53 Å². The van der Waals surface area contributed by atoms with E-state index in [9.17, 15) is 4.79 Å². The van der Waals surface area contributed by atoms with Crippen molar-refractivity contribution in [1.29, 1.82) is 0 Å². The van der Waals surface area contributed by atoms with Gasteiger partial charge in [-0.25, -0.2) is 9.78 Å². The molecule has 1 amide bonds. The van der Waals surface area contributed by atoms with Crippen molar-refractivity contribution in [2.24, 2.45) is 0 Å². The number of anilines is 1. The van der Waals surface area contributed by atoms with Crippen LogP contribution in [0.1, 0.15) is 25.3 Å². The fourth-order valence-corrected chi connectivity index (χ4v) is 2.18. The Kier molecular flexibility index (Phi) is 4.60. The van der Waals surface area contributed by atoms with Crippen molar-refractivity contribution in [3.63, 3.8) is 0 Å². The highest BCUT2D eigenvalue weighted by molar-refractivity contribution is 5.67. The van der Waals surface area contributed by atoms with Gasteiger partial charge in [-0.2, -0.15) is 0 Å². The smallest absolute Gasteiger partial charge is 0.409 e. The van der Waals surface area contributed by atoms with Crippen molar-refractivity contribution in [2.75, 3.05) is 25.0 Å². The maximum Gasteiger partial charge on any atom is 0.409 e. The highest BCUT2D eigenvalue weighted by atomic mass is 16.6. The zero-order chi connectivity index (χ0) is 13.7. The van der Waals surface area contributed by atoms with Crippen molar-refractivity contribution >= 4 is 11.9 Å². The molecule has 0 aliphatic carbocycles. The first-order valence-corrected chi connectivity index (χ1v) is 6.80. The second-order valence-electron chi connectivity index (χ2n) is 4.83. The number of carbonyl (C=O) groups is 1. The average molecular weight is 263 g/mol. The Morgan fingerprint density at radius 3 is 2.79 bits per heavy atom. The zero-order valence-corrected chi connectivity index (χ0v) is 11.6. The van der Waals surface area contributed by atoms with Gasteiger partial charge in [-0.05, 0) is 38.3 Å². The Hall–Kier alpha value is -1.78. The molecule has 1 saturated heterocycles. The summed E-state index contributed by atoms with van der Waals surface area (Å²) in [5.41, 5.74) is 1.16. The molecule has 5 nitrogen and oxygen atoms in total. The number of aryl methyl sites for hydroxylation is 1. The van der Waals surface area contributed by atoms with E-state index in [2.05, 4.69) is 10.3 Å². The van der Waals surface area contributed by atoms with Crippen molar-refractivity contribution in [3.05, 3.63) is 23.9 Å². The summed E-state index contributed by atoms with van der Waals surface area (Å²) in [6.45, 7) is 5.76. The Balaban J connectivity index is 1.80. The molecule has 0 unspecified atom stereocenters. The summed E-state index contributed by atoms with van der Waals surface area (Å²) >= 11 is 0. The van der Waals surface area contributed by atoms with Gasteiger partial charge in [-0.15, -0.1) is 0 Å². The molecule has 1 aromatic heterocycles. The first-order valence-electron chi connectivity index (χ1n) is 6.80. The highest BCUT2D eigenvalue weighted by Crippen LogP contribution is 2.16. The molecule has 1 fully saturated rings. The maximum absolute atomic E-state index is 11.6. The highest BCUT2D eigenvalue weighted by Gasteiger charge is 2.23. The van der Waals surface area contributed by atoms with Crippen LogP contribution in [0.2, 0.25) is 0 Å². The number of aromatic nitrogens is 1. The van der Waals surface area contributed by atoms with Crippen LogP contribution in [0.15, 0.2) is 18.3 Å². The molecule has 0 saturated carbocycles. The largest absolute Gasteiger partial charge is 0.450 e. The lowest BCUT2D eigenvalue weighted by Gasteiger charge is -2.31. The van der Waals surface area contributed by atoms with E-state index in [1.807, 2.05) is 32.2 Å². The lowest BCUT2D eigenvalue weighted by atomic mass is 10.1. The minimum absolute atomic E-state index is 0.200. The molecule has 0 bridgehead atoms.